The molecule has 1 aromatic heterocycles. The molecule has 2 rings (SSSR count). The Morgan fingerprint density at radius 1 is 1.33 bits per heavy atom. The van der Waals surface area contributed by atoms with E-state index in [4.69, 9.17) is 0 Å². The highest BCUT2D eigenvalue weighted by Gasteiger charge is 2.29. The second-order valence-corrected chi connectivity index (χ2v) is 4.57. The van der Waals surface area contributed by atoms with Crippen LogP contribution in [0.15, 0.2) is 42.7 Å². The molecular weight excluding hydrogens is 283 g/mol. The maximum absolute atomic E-state index is 12.4. The fourth-order valence-corrected chi connectivity index (χ4v) is 1.78. The fourth-order valence-electron chi connectivity index (χ4n) is 1.78. The van der Waals surface area contributed by atoms with Crippen molar-refractivity contribution in [2.75, 3.05) is 0 Å². The Bertz CT molecular complexity index is 591. The van der Waals surface area contributed by atoms with Gasteiger partial charge in [-0.2, -0.15) is 18.3 Å². The van der Waals surface area contributed by atoms with Gasteiger partial charge < -0.3 is 5.32 Å². The van der Waals surface area contributed by atoms with Crippen LogP contribution in [0.25, 0.3) is 0 Å². The summed E-state index contributed by atoms with van der Waals surface area (Å²) in [7, 11) is 0. The number of rotatable bonds is 4. The number of nitrogens with zero attached hydrogens (tertiary/aromatic N) is 2. The van der Waals surface area contributed by atoms with Crippen molar-refractivity contribution in [3.05, 3.63) is 53.9 Å². The van der Waals surface area contributed by atoms with Gasteiger partial charge in [-0.1, -0.05) is 12.1 Å². The molecule has 7 heteroatoms. The first-order valence-electron chi connectivity index (χ1n) is 6.31. The summed E-state index contributed by atoms with van der Waals surface area (Å²) in [5.74, 6) is -0.251. The Hall–Kier alpha value is -2.31. The van der Waals surface area contributed by atoms with Gasteiger partial charge in [0.2, 0.25) is 5.91 Å². The lowest BCUT2D eigenvalue weighted by molar-refractivity contribution is -0.137. The number of carbonyl (C=O) groups excluding carboxylic acids is 1. The molecule has 0 unspecified atom stereocenters. The van der Waals surface area contributed by atoms with Gasteiger partial charge in [-0.05, 0) is 30.7 Å². The molecule has 4 nitrogen and oxygen atoms in total. The summed E-state index contributed by atoms with van der Waals surface area (Å²) in [4.78, 5) is 11.9. The number of alkyl halides is 3. The molecular formula is C14H14F3N3O. The largest absolute Gasteiger partial charge is 0.416 e. The van der Waals surface area contributed by atoms with E-state index >= 15 is 0 Å². The van der Waals surface area contributed by atoms with E-state index in [2.05, 4.69) is 10.4 Å². The van der Waals surface area contributed by atoms with Crippen LogP contribution in [0.1, 0.15) is 24.1 Å². The van der Waals surface area contributed by atoms with E-state index < -0.39 is 17.8 Å². The Kier molecular flexibility index (Phi) is 4.30. The van der Waals surface area contributed by atoms with E-state index in [9.17, 15) is 18.0 Å². The van der Waals surface area contributed by atoms with Gasteiger partial charge in [0.15, 0.2) is 0 Å². The first-order chi connectivity index (χ1) is 9.88. The lowest BCUT2D eigenvalue weighted by Crippen LogP contribution is -2.30. The minimum Gasteiger partial charge on any atom is -0.350 e. The Balaban J connectivity index is 1.92. The summed E-state index contributed by atoms with van der Waals surface area (Å²) < 4.78 is 38.8. The lowest BCUT2D eigenvalue weighted by Gasteiger charge is -2.13. The Morgan fingerprint density at radius 3 is 2.52 bits per heavy atom. The van der Waals surface area contributed by atoms with Crippen molar-refractivity contribution in [1.29, 1.82) is 0 Å². The smallest absolute Gasteiger partial charge is 0.350 e. The Labute approximate surface area is 119 Å². The summed E-state index contributed by atoms with van der Waals surface area (Å²) in [6.45, 7) is 1.86. The van der Waals surface area contributed by atoms with Crippen LogP contribution in [0.2, 0.25) is 0 Å². The van der Waals surface area contributed by atoms with Crippen LogP contribution < -0.4 is 5.32 Å². The van der Waals surface area contributed by atoms with Crippen molar-refractivity contribution >= 4 is 5.91 Å². The van der Waals surface area contributed by atoms with E-state index in [1.54, 1.807) is 25.4 Å². The van der Waals surface area contributed by atoms with Crippen LogP contribution in [-0.2, 0) is 17.5 Å². The fraction of sp³-hybridized carbons (Fsp3) is 0.286. The van der Waals surface area contributed by atoms with E-state index in [-0.39, 0.29) is 12.5 Å². The lowest BCUT2D eigenvalue weighted by atomic mass is 10.1. The summed E-state index contributed by atoms with van der Waals surface area (Å²) in [5, 5.41) is 6.63. The highest BCUT2D eigenvalue weighted by Crippen LogP contribution is 2.29. The number of hydrogen-bond donors (Lipinski definition) is 1. The molecule has 0 aliphatic rings. The molecule has 1 N–H and O–H groups in total. The summed E-state index contributed by atoms with van der Waals surface area (Å²) in [5.41, 5.74) is -0.105. The zero-order valence-corrected chi connectivity index (χ0v) is 11.3. The molecule has 1 amide bonds. The zero-order valence-electron chi connectivity index (χ0n) is 11.3. The third-order valence-corrected chi connectivity index (χ3v) is 3.05. The third-order valence-electron chi connectivity index (χ3n) is 3.05. The number of carbonyl (C=O) groups is 1. The molecule has 0 aliphatic heterocycles. The molecule has 0 aliphatic carbocycles. The van der Waals surface area contributed by atoms with Crippen molar-refractivity contribution in [2.24, 2.45) is 0 Å². The quantitative estimate of drug-likeness (QED) is 0.943. The minimum atomic E-state index is -4.35. The first kappa shape index (κ1) is 15.1. The van der Waals surface area contributed by atoms with Crippen LogP contribution in [-0.4, -0.2) is 15.7 Å². The third kappa shape index (κ3) is 3.84. The predicted octanol–water partition coefficient (Wildman–Crippen LogP) is 2.78. The predicted molar refractivity (Wildman–Crippen MR) is 70.2 cm³/mol. The number of nitrogens with one attached hydrogen (secondary N) is 1. The molecule has 0 saturated carbocycles. The van der Waals surface area contributed by atoms with E-state index in [1.165, 1.54) is 16.8 Å². The maximum atomic E-state index is 12.4. The minimum absolute atomic E-state index is 0.169. The van der Waals surface area contributed by atoms with Gasteiger partial charge in [-0.25, -0.2) is 0 Å². The van der Waals surface area contributed by atoms with Crippen LogP contribution in [0.3, 0.4) is 0 Å². The summed E-state index contributed by atoms with van der Waals surface area (Å²) >= 11 is 0. The van der Waals surface area contributed by atoms with Crippen molar-refractivity contribution in [3.8, 4) is 0 Å². The number of benzene rings is 1. The molecule has 1 heterocycles. The van der Waals surface area contributed by atoms with Gasteiger partial charge in [-0.3, -0.25) is 9.48 Å². The molecule has 0 fully saturated rings. The van der Waals surface area contributed by atoms with Crippen molar-refractivity contribution in [2.45, 2.75) is 25.7 Å². The van der Waals surface area contributed by atoms with Gasteiger partial charge in [0.25, 0.3) is 0 Å². The summed E-state index contributed by atoms with van der Waals surface area (Å²) in [6.07, 6.45) is -1.11. The standard InChI is InChI=1S/C14H14F3N3O/c1-10(20-8-2-7-19-20)13(21)18-9-11-3-5-12(6-4-11)14(15,16)17/h2-8,10H,9H2,1H3,(H,18,21)/t10-/m1/s1. The Morgan fingerprint density at radius 2 is 2.00 bits per heavy atom. The van der Waals surface area contributed by atoms with Crippen LogP contribution >= 0.6 is 0 Å². The number of hydrogen-bond acceptors (Lipinski definition) is 2. The SMILES string of the molecule is C[C@H](C(=O)NCc1ccc(C(F)(F)F)cc1)n1cccn1. The first-order valence-corrected chi connectivity index (χ1v) is 6.31. The van der Waals surface area contributed by atoms with Gasteiger partial charge in [0.1, 0.15) is 6.04 Å². The molecule has 112 valence electrons. The molecule has 0 saturated heterocycles. The molecule has 21 heavy (non-hydrogen) atoms. The summed E-state index contributed by atoms with van der Waals surface area (Å²) in [6, 6.07) is 5.93. The average Bonchev–Trinajstić information content (AvgIpc) is 2.97. The molecule has 1 atom stereocenters. The van der Waals surface area contributed by atoms with Gasteiger partial charge in [0.05, 0.1) is 5.56 Å². The number of amides is 1. The molecule has 0 bridgehead atoms. The average molecular weight is 297 g/mol. The van der Waals surface area contributed by atoms with Gasteiger partial charge in [0, 0.05) is 18.9 Å². The monoisotopic (exact) mass is 297 g/mol. The number of aromatic nitrogens is 2. The van der Waals surface area contributed by atoms with Crippen molar-refractivity contribution < 1.29 is 18.0 Å². The van der Waals surface area contributed by atoms with Crippen molar-refractivity contribution in [3.63, 3.8) is 0 Å². The van der Waals surface area contributed by atoms with Crippen LogP contribution in [0.4, 0.5) is 13.2 Å². The van der Waals surface area contributed by atoms with Crippen LogP contribution in [0, 0.1) is 0 Å². The molecule has 0 spiro atoms. The molecule has 1 aromatic carbocycles. The van der Waals surface area contributed by atoms with Crippen molar-refractivity contribution in [1.82, 2.24) is 15.1 Å². The van der Waals surface area contributed by atoms with E-state index in [0.717, 1.165) is 12.1 Å². The molecule has 0 radical (unpaired) electrons. The normalized spacial score (nSPS) is 13.0. The number of halogens is 3. The second kappa shape index (κ2) is 5.99. The molecule has 2 aromatic rings. The van der Waals surface area contributed by atoms with Gasteiger partial charge in [-0.15, -0.1) is 0 Å². The van der Waals surface area contributed by atoms with E-state index in [0.29, 0.717) is 5.56 Å². The highest BCUT2D eigenvalue weighted by atomic mass is 19.4. The van der Waals surface area contributed by atoms with Gasteiger partial charge >= 0.3 is 6.18 Å². The maximum Gasteiger partial charge on any atom is 0.416 e. The zero-order chi connectivity index (χ0) is 15.5. The topological polar surface area (TPSA) is 46.9 Å². The highest BCUT2D eigenvalue weighted by molar-refractivity contribution is 5.79. The van der Waals surface area contributed by atoms with Crippen LogP contribution in [0.5, 0.6) is 0 Å². The second-order valence-electron chi connectivity index (χ2n) is 4.57. The van der Waals surface area contributed by atoms with E-state index in [1.807, 2.05) is 0 Å².